The first-order valence-corrected chi connectivity index (χ1v) is 7.66. The summed E-state index contributed by atoms with van der Waals surface area (Å²) in [5.41, 5.74) is 0. The van der Waals surface area contributed by atoms with Crippen LogP contribution >= 0.6 is 0 Å². The summed E-state index contributed by atoms with van der Waals surface area (Å²) >= 11 is 0. The topological polar surface area (TPSA) is 52.6 Å². The Balaban J connectivity index is 4.26. The van der Waals surface area contributed by atoms with Gasteiger partial charge in [0, 0.05) is 12.2 Å². The molecule has 0 aromatic carbocycles. The van der Waals surface area contributed by atoms with Crippen LogP contribution in [0.3, 0.4) is 0 Å². The minimum absolute atomic E-state index is 0.0248. The van der Waals surface area contributed by atoms with Crippen LogP contribution in [-0.2, 0) is 19.1 Å². The standard InChI is InChI=1S/C15H20F6O4/c1-2-3-4-5-6-7-10-24-11(22)8-9-12(23)25-14(18,13(16)17)15(19,20)21/h8-9,13H,2-7,10H2,1H3. The molecule has 1 atom stereocenters. The third-order valence-corrected chi connectivity index (χ3v) is 3.01. The van der Waals surface area contributed by atoms with Gasteiger partial charge in [0.05, 0.1) is 6.61 Å². The van der Waals surface area contributed by atoms with Crippen molar-refractivity contribution in [3.8, 4) is 0 Å². The van der Waals surface area contributed by atoms with E-state index in [1.807, 2.05) is 0 Å². The molecule has 0 fully saturated rings. The summed E-state index contributed by atoms with van der Waals surface area (Å²) in [6.07, 6.45) is -4.75. The number of hydrogen-bond acceptors (Lipinski definition) is 4. The van der Waals surface area contributed by atoms with Crippen molar-refractivity contribution in [1.29, 1.82) is 0 Å². The second-order valence-electron chi connectivity index (χ2n) is 5.13. The number of carbonyl (C=O) groups is 2. The highest BCUT2D eigenvalue weighted by Crippen LogP contribution is 2.40. The molecule has 0 rings (SSSR count). The first kappa shape index (κ1) is 23.3. The van der Waals surface area contributed by atoms with E-state index >= 15 is 0 Å². The van der Waals surface area contributed by atoms with E-state index in [-0.39, 0.29) is 12.7 Å². The Bertz CT molecular complexity index is 450. The van der Waals surface area contributed by atoms with Gasteiger partial charge in [-0.3, -0.25) is 0 Å². The number of rotatable bonds is 11. The summed E-state index contributed by atoms with van der Waals surface area (Å²) in [4.78, 5) is 22.2. The molecular formula is C15H20F6O4. The van der Waals surface area contributed by atoms with Crippen LogP contribution in [0.4, 0.5) is 26.3 Å². The van der Waals surface area contributed by atoms with Crippen LogP contribution in [0.1, 0.15) is 45.4 Å². The number of alkyl halides is 6. The fraction of sp³-hybridized carbons (Fsp3) is 0.733. The average Bonchev–Trinajstić information content (AvgIpc) is 2.50. The molecule has 0 radical (unpaired) electrons. The van der Waals surface area contributed by atoms with Crippen molar-refractivity contribution in [3.05, 3.63) is 12.2 Å². The van der Waals surface area contributed by atoms with Gasteiger partial charge < -0.3 is 9.47 Å². The van der Waals surface area contributed by atoms with Gasteiger partial charge in [0.1, 0.15) is 0 Å². The summed E-state index contributed by atoms with van der Waals surface area (Å²) in [5.74, 6) is -8.62. The highest BCUT2D eigenvalue weighted by Gasteiger charge is 2.66. The molecule has 0 saturated heterocycles. The van der Waals surface area contributed by atoms with Crippen LogP contribution in [-0.4, -0.2) is 37.0 Å². The minimum Gasteiger partial charge on any atom is -0.463 e. The van der Waals surface area contributed by atoms with E-state index in [0.29, 0.717) is 12.5 Å². The molecule has 0 aromatic rings. The first-order chi connectivity index (χ1) is 11.5. The zero-order valence-corrected chi connectivity index (χ0v) is 13.6. The molecular weight excluding hydrogens is 358 g/mol. The summed E-state index contributed by atoms with van der Waals surface area (Å²) in [6.45, 7) is 2.08. The average molecular weight is 378 g/mol. The lowest BCUT2D eigenvalue weighted by molar-refractivity contribution is -0.354. The summed E-state index contributed by atoms with van der Waals surface area (Å²) in [7, 11) is 0. The molecule has 0 aliphatic heterocycles. The molecule has 10 heteroatoms. The maximum absolute atomic E-state index is 13.1. The Labute approximate surface area is 141 Å². The van der Waals surface area contributed by atoms with Gasteiger partial charge in [0.25, 0.3) is 0 Å². The van der Waals surface area contributed by atoms with E-state index in [1.165, 1.54) is 0 Å². The van der Waals surface area contributed by atoms with Crippen molar-refractivity contribution < 1.29 is 45.4 Å². The summed E-state index contributed by atoms with van der Waals surface area (Å²) in [6, 6.07) is 0. The lowest BCUT2D eigenvalue weighted by Gasteiger charge is -2.25. The second-order valence-corrected chi connectivity index (χ2v) is 5.13. The second kappa shape index (κ2) is 11.0. The van der Waals surface area contributed by atoms with E-state index in [4.69, 9.17) is 0 Å². The maximum atomic E-state index is 13.1. The van der Waals surface area contributed by atoms with Crippen LogP contribution in [0.5, 0.6) is 0 Å². The van der Waals surface area contributed by atoms with Crippen LogP contribution in [0.2, 0.25) is 0 Å². The smallest absolute Gasteiger partial charge is 0.463 e. The van der Waals surface area contributed by atoms with Gasteiger partial charge >= 0.3 is 30.4 Å². The third-order valence-electron chi connectivity index (χ3n) is 3.01. The van der Waals surface area contributed by atoms with Crippen molar-refractivity contribution in [2.45, 2.75) is 63.9 Å². The number of unbranched alkanes of at least 4 members (excludes halogenated alkanes) is 5. The third kappa shape index (κ3) is 8.78. The van der Waals surface area contributed by atoms with Crippen LogP contribution in [0, 0.1) is 0 Å². The van der Waals surface area contributed by atoms with E-state index in [2.05, 4.69) is 16.4 Å². The van der Waals surface area contributed by atoms with Gasteiger partial charge in [-0.2, -0.15) is 17.6 Å². The Kier molecular flexibility index (Phi) is 10.2. The molecule has 4 nitrogen and oxygen atoms in total. The summed E-state index contributed by atoms with van der Waals surface area (Å²) < 4.78 is 81.8. The Hall–Kier alpha value is -1.74. The molecule has 0 bridgehead atoms. The predicted molar refractivity (Wildman–Crippen MR) is 75.5 cm³/mol. The molecule has 0 amide bonds. The predicted octanol–water partition coefficient (Wildman–Crippen LogP) is 4.48. The monoisotopic (exact) mass is 378 g/mol. The number of hydrogen-bond donors (Lipinski definition) is 0. The van der Waals surface area contributed by atoms with Crippen molar-refractivity contribution in [1.82, 2.24) is 0 Å². The summed E-state index contributed by atoms with van der Waals surface area (Å²) in [5, 5.41) is 0. The molecule has 0 aromatic heterocycles. The van der Waals surface area contributed by atoms with Crippen molar-refractivity contribution in [2.75, 3.05) is 6.61 Å². The van der Waals surface area contributed by atoms with Gasteiger partial charge in [-0.05, 0) is 6.42 Å². The molecule has 0 aliphatic rings. The largest absolute Gasteiger partial charge is 0.466 e. The van der Waals surface area contributed by atoms with Gasteiger partial charge in [-0.15, -0.1) is 0 Å². The Morgan fingerprint density at radius 3 is 1.96 bits per heavy atom. The van der Waals surface area contributed by atoms with Crippen LogP contribution in [0.25, 0.3) is 0 Å². The number of carbonyl (C=O) groups excluding carboxylic acids is 2. The number of esters is 2. The van der Waals surface area contributed by atoms with E-state index in [9.17, 15) is 35.9 Å². The zero-order valence-electron chi connectivity index (χ0n) is 13.6. The van der Waals surface area contributed by atoms with Gasteiger partial charge in [0.2, 0.25) is 0 Å². The van der Waals surface area contributed by atoms with Crippen molar-refractivity contribution >= 4 is 11.9 Å². The molecule has 25 heavy (non-hydrogen) atoms. The molecule has 0 N–H and O–H groups in total. The van der Waals surface area contributed by atoms with Crippen LogP contribution in [0.15, 0.2) is 12.2 Å². The molecule has 1 unspecified atom stereocenters. The van der Waals surface area contributed by atoms with Crippen molar-refractivity contribution in [2.24, 2.45) is 0 Å². The van der Waals surface area contributed by atoms with Gasteiger partial charge in [-0.25, -0.2) is 18.4 Å². The van der Waals surface area contributed by atoms with E-state index < -0.39 is 30.4 Å². The lowest BCUT2D eigenvalue weighted by atomic mass is 10.1. The number of ether oxygens (including phenoxy) is 2. The molecule has 0 heterocycles. The lowest BCUT2D eigenvalue weighted by Crippen LogP contribution is -2.50. The fourth-order valence-electron chi connectivity index (χ4n) is 1.65. The zero-order chi connectivity index (χ0) is 19.5. The number of halogens is 6. The molecule has 0 spiro atoms. The van der Waals surface area contributed by atoms with E-state index in [0.717, 1.165) is 32.1 Å². The van der Waals surface area contributed by atoms with Gasteiger partial charge in [0.15, 0.2) is 0 Å². The SMILES string of the molecule is CCCCCCCCOC(=O)C=CC(=O)OC(F)(C(F)F)C(F)(F)F. The molecule has 0 aliphatic carbocycles. The Morgan fingerprint density at radius 2 is 1.44 bits per heavy atom. The molecule has 0 saturated carbocycles. The van der Waals surface area contributed by atoms with Crippen LogP contribution < -0.4 is 0 Å². The van der Waals surface area contributed by atoms with Crippen molar-refractivity contribution in [3.63, 3.8) is 0 Å². The van der Waals surface area contributed by atoms with E-state index in [1.54, 1.807) is 0 Å². The highest BCUT2D eigenvalue weighted by molar-refractivity contribution is 5.91. The highest BCUT2D eigenvalue weighted by atomic mass is 19.4. The Morgan fingerprint density at radius 1 is 0.920 bits per heavy atom. The van der Waals surface area contributed by atoms with Gasteiger partial charge in [-0.1, -0.05) is 39.0 Å². The maximum Gasteiger partial charge on any atom is 0.466 e. The fourth-order valence-corrected chi connectivity index (χ4v) is 1.65. The normalized spacial score (nSPS) is 14.6. The quantitative estimate of drug-likeness (QED) is 0.230. The minimum atomic E-state index is -6.12. The molecule has 146 valence electrons. The first-order valence-electron chi connectivity index (χ1n) is 7.66.